The third-order valence-electron chi connectivity index (χ3n) is 3.62. The van der Waals surface area contributed by atoms with Gasteiger partial charge >= 0.3 is 0 Å². The van der Waals surface area contributed by atoms with Crippen LogP contribution in [0.1, 0.15) is 35.5 Å². The molecule has 1 amide bonds. The number of aryl methyl sites for hydroxylation is 2. The number of rotatable bonds is 5. The molecule has 4 heteroatoms. The molecular formula is C18H21N2O2+. The molecule has 0 radical (unpaired) electrons. The summed E-state index contributed by atoms with van der Waals surface area (Å²) in [5, 5.41) is 2.82. The predicted octanol–water partition coefficient (Wildman–Crippen LogP) is 2.69. The van der Waals surface area contributed by atoms with Gasteiger partial charge in [0.2, 0.25) is 6.54 Å². The molecule has 0 unspecified atom stereocenters. The average Bonchev–Trinajstić information content (AvgIpc) is 2.49. The van der Waals surface area contributed by atoms with Crippen LogP contribution >= 0.6 is 0 Å². The lowest BCUT2D eigenvalue weighted by Gasteiger charge is -2.08. The van der Waals surface area contributed by atoms with E-state index in [0.717, 1.165) is 12.1 Å². The van der Waals surface area contributed by atoms with E-state index < -0.39 is 0 Å². The van der Waals surface area contributed by atoms with E-state index in [1.165, 1.54) is 12.5 Å². The number of carbonyl (C=O) groups excluding carboxylic acids is 2. The van der Waals surface area contributed by atoms with Crippen molar-refractivity contribution in [1.82, 2.24) is 0 Å². The van der Waals surface area contributed by atoms with Gasteiger partial charge in [0.05, 0.1) is 5.69 Å². The Balaban J connectivity index is 2.16. The maximum Gasteiger partial charge on any atom is 0.290 e. The van der Waals surface area contributed by atoms with Crippen LogP contribution < -0.4 is 9.88 Å². The number of benzene rings is 1. The molecule has 1 aromatic carbocycles. The molecule has 2 aromatic rings. The zero-order chi connectivity index (χ0) is 16.1. The third kappa shape index (κ3) is 3.79. The zero-order valence-electron chi connectivity index (χ0n) is 13.2. The number of nitrogens with zero attached hydrogens (tertiary/aromatic N) is 1. The molecule has 0 fully saturated rings. The minimum absolute atomic E-state index is 0.0623. The largest absolute Gasteiger partial charge is 0.320 e. The van der Waals surface area contributed by atoms with Crippen LogP contribution in [0.25, 0.3) is 0 Å². The smallest absolute Gasteiger partial charge is 0.290 e. The molecule has 114 valence electrons. The number of hydrogen-bond donors (Lipinski definition) is 1. The summed E-state index contributed by atoms with van der Waals surface area (Å²) in [6.45, 7) is 5.77. The van der Waals surface area contributed by atoms with Crippen molar-refractivity contribution in [2.45, 2.75) is 33.7 Å². The van der Waals surface area contributed by atoms with E-state index in [4.69, 9.17) is 0 Å². The summed E-state index contributed by atoms with van der Waals surface area (Å²) in [6.07, 6.45) is 2.92. The standard InChI is InChI=1S/C18H20N2O2/c1-4-15-10-9-13(2)20(11-15)12-18(22)19-17-8-6-5-7-16(17)14(3)21/h5-11H,4,12H2,1-3H3/p+1. The minimum atomic E-state index is -0.143. The maximum atomic E-state index is 12.3. The second-order valence-corrected chi connectivity index (χ2v) is 5.31. The number of pyridine rings is 1. The first-order valence-electron chi connectivity index (χ1n) is 7.40. The number of Topliss-reactive ketones (excluding diaryl/α,β-unsaturated/α-hetero) is 1. The fourth-order valence-corrected chi connectivity index (χ4v) is 2.29. The van der Waals surface area contributed by atoms with E-state index in [1.54, 1.807) is 24.3 Å². The Labute approximate surface area is 130 Å². The Morgan fingerprint density at radius 1 is 1.14 bits per heavy atom. The van der Waals surface area contributed by atoms with Crippen molar-refractivity contribution >= 4 is 17.4 Å². The molecule has 0 aliphatic rings. The summed E-state index contributed by atoms with van der Waals surface area (Å²) in [6, 6.07) is 11.1. The van der Waals surface area contributed by atoms with Crippen molar-refractivity contribution in [3.8, 4) is 0 Å². The van der Waals surface area contributed by atoms with Crippen LogP contribution in [0.3, 0.4) is 0 Å². The van der Waals surface area contributed by atoms with Crippen LogP contribution in [0.2, 0.25) is 0 Å². The fourth-order valence-electron chi connectivity index (χ4n) is 2.29. The molecule has 22 heavy (non-hydrogen) atoms. The van der Waals surface area contributed by atoms with E-state index in [9.17, 15) is 9.59 Å². The summed E-state index contributed by atoms with van der Waals surface area (Å²) in [5.41, 5.74) is 3.29. The summed E-state index contributed by atoms with van der Waals surface area (Å²) >= 11 is 0. The molecule has 0 atom stereocenters. The van der Waals surface area contributed by atoms with Crippen LogP contribution in [0, 0.1) is 6.92 Å². The van der Waals surface area contributed by atoms with Crippen LogP contribution in [-0.2, 0) is 17.8 Å². The lowest BCUT2D eigenvalue weighted by Crippen LogP contribution is -2.43. The molecule has 0 aliphatic heterocycles. The Bertz CT molecular complexity index is 708. The highest BCUT2D eigenvalue weighted by molar-refractivity contribution is 6.03. The quantitative estimate of drug-likeness (QED) is 0.681. The van der Waals surface area contributed by atoms with Gasteiger partial charge in [0.1, 0.15) is 0 Å². The van der Waals surface area contributed by atoms with E-state index in [-0.39, 0.29) is 18.2 Å². The van der Waals surface area contributed by atoms with Crippen LogP contribution in [0.5, 0.6) is 0 Å². The lowest BCUT2D eigenvalue weighted by molar-refractivity contribution is -0.690. The molecule has 0 bridgehead atoms. The molecule has 2 rings (SSSR count). The first-order valence-corrected chi connectivity index (χ1v) is 7.40. The van der Waals surface area contributed by atoms with Crippen molar-refractivity contribution in [2.24, 2.45) is 0 Å². The van der Waals surface area contributed by atoms with Crippen molar-refractivity contribution < 1.29 is 14.2 Å². The highest BCUT2D eigenvalue weighted by Crippen LogP contribution is 2.15. The van der Waals surface area contributed by atoms with Gasteiger partial charge < -0.3 is 5.32 Å². The number of para-hydroxylation sites is 1. The van der Waals surface area contributed by atoms with E-state index in [2.05, 4.69) is 18.3 Å². The van der Waals surface area contributed by atoms with Crippen molar-refractivity contribution in [2.75, 3.05) is 5.32 Å². The Kier molecular flexibility index (Phi) is 5.04. The van der Waals surface area contributed by atoms with E-state index in [0.29, 0.717) is 11.3 Å². The Morgan fingerprint density at radius 3 is 2.55 bits per heavy atom. The highest BCUT2D eigenvalue weighted by atomic mass is 16.2. The van der Waals surface area contributed by atoms with E-state index in [1.807, 2.05) is 23.8 Å². The second kappa shape index (κ2) is 6.98. The number of amides is 1. The van der Waals surface area contributed by atoms with Crippen molar-refractivity contribution in [1.29, 1.82) is 0 Å². The summed E-state index contributed by atoms with van der Waals surface area (Å²) in [4.78, 5) is 23.9. The number of hydrogen-bond acceptors (Lipinski definition) is 2. The van der Waals surface area contributed by atoms with E-state index >= 15 is 0 Å². The molecule has 0 aliphatic carbocycles. The topological polar surface area (TPSA) is 50.0 Å². The van der Waals surface area contributed by atoms with Gasteiger partial charge in [-0.15, -0.1) is 0 Å². The van der Waals surface area contributed by atoms with Gasteiger partial charge in [-0.3, -0.25) is 9.59 Å². The molecule has 0 saturated carbocycles. The number of carbonyl (C=O) groups is 2. The van der Waals surface area contributed by atoms with Gasteiger partial charge in [0.25, 0.3) is 5.91 Å². The third-order valence-corrected chi connectivity index (χ3v) is 3.62. The SMILES string of the molecule is CCc1ccc(C)[n+](CC(=O)Nc2ccccc2C(C)=O)c1. The second-order valence-electron chi connectivity index (χ2n) is 5.31. The van der Waals surface area contributed by atoms with Gasteiger partial charge in [-0.05, 0) is 31.5 Å². The van der Waals surface area contributed by atoms with Crippen LogP contribution in [0.4, 0.5) is 5.69 Å². The number of ketones is 1. The summed E-state index contributed by atoms with van der Waals surface area (Å²) in [7, 11) is 0. The van der Waals surface area contributed by atoms with Crippen LogP contribution in [0.15, 0.2) is 42.6 Å². The van der Waals surface area contributed by atoms with Crippen molar-refractivity contribution in [3.05, 3.63) is 59.4 Å². The lowest BCUT2D eigenvalue weighted by atomic mass is 10.1. The normalized spacial score (nSPS) is 10.3. The van der Waals surface area contributed by atoms with Gasteiger partial charge in [-0.25, -0.2) is 0 Å². The minimum Gasteiger partial charge on any atom is -0.320 e. The van der Waals surface area contributed by atoms with Gasteiger partial charge in [-0.1, -0.05) is 19.1 Å². The monoisotopic (exact) mass is 297 g/mol. The highest BCUT2D eigenvalue weighted by Gasteiger charge is 2.15. The summed E-state index contributed by atoms with van der Waals surface area (Å²) in [5.74, 6) is -0.206. The van der Waals surface area contributed by atoms with Gasteiger partial charge in [-0.2, -0.15) is 4.57 Å². The molecular weight excluding hydrogens is 276 g/mol. The number of nitrogens with one attached hydrogen (secondary N) is 1. The van der Waals surface area contributed by atoms with Crippen LogP contribution in [-0.4, -0.2) is 11.7 Å². The van der Waals surface area contributed by atoms with Gasteiger partial charge in [0, 0.05) is 24.1 Å². The van der Waals surface area contributed by atoms with Crippen molar-refractivity contribution in [3.63, 3.8) is 0 Å². The molecule has 1 heterocycles. The maximum absolute atomic E-state index is 12.3. The zero-order valence-corrected chi connectivity index (χ0v) is 13.2. The first kappa shape index (κ1) is 15.9. The van der Waals surface area contributed by atoms with Gasteiger partial charge in [0.15, 0.2) is 17.7 Å². The first-order chi connectivity index (χ1) is 10.5. The average molecular weight is 297 g/mol. The summed E-state index contributed by atoms with van der Waals surface area (Å²) < 4.78 is 1.92. The Morgan fingerprint density at radius 2 is 1.86 bits per heavy atom. The number of aromatic nitrogens is 1. The predicted molar refractivity (Wildman–Crippen MR) is 85.8 cm³/mol. The Hall–Kier alpha value is -2.49. The number of anilines is 1. The molecule has 1 N–H and O–H groups in total. The molecule has 0 saturated heterocycles. The fraction of sp³-hybridized carbons (Fsp3) is 0.278. The molecule has 1 aromatic heterocycles. The molecule has 0 spiro atoms. The molecule has 4 nitrogen and oxygen atoms in total.